The Balaban J connectivity index is 2.09. The molecule has 1 aliphatic rings. The third-order valence-corrected chi connectivity index (χ3v) is 5.69. The van der Waals surface area contributed by atoms with Crippen LogP contribution in [0.1, 0.15) is 29.4 Å². The fraction of sp³-hybridized carbons (Fsp3) is 0.500. The summed E-state index contributed by atoms with van der Waals surface area (Å²) < 4.78 is 25.1. The highest BCUT2D eigenvalue weighted by molar-refractivity contribution is 7.91. The van der Waals surface area contributed by atoms with Crippen LogP contribution in [-0.4, -0.2) is 47.6 Å². The van der Waals surface area contributed by atoms with Crippen LogP contribution >= 0.6 is 12.2 Å². The molecule has 1 atom stereocenters. The Morgan fingerprint density at radius 3 is 2.91 bits per heavy atom. The Kier molecular flexibility index (Phi) is 5.53. The lowest BCUT2D eigenvalue weighted by atomic mass is 10.2. The van der Waals surface area contributed by atoms with Gasteiger partial charge in [0.2, 0.25) is 0 Å². The van der Waals surface area contributed by atoms with Crippen molar-refractivity contribution in [3.8, 4) is 0 Å². The van der Waals surface area contributed by atoms with Crippen LogP contribution in [0, 0.1) is 13.8 Å². The van der Waals surface area contributed by atoms with Gasteiger partial charge in [-0.25, -0.2) is 8.42 Å². The van der Waals surface area contributed by atoms with E-state index in [1.807, 2.05) is 13.8 Å². The molecule has 2 heterocycles. The summed E-state index contributed by atoms with van der Waals surface area (Å²) in [6, 6.07) is -0.0934. The molecule has 0 aromatic carbocycles. The van der Waals surface area contributed by atoms with Gasteiger partial charge in [-0.2, -0.15) is 10.2 Å². The third-order valence-electron chi connectivity index (χ3n) is 3.70. The molecule has 0 amide bonds. The maximum absolute atomic E-state index is 11.6. The highest BCUT2D eigenvalue weighted by Gasteiger charge is 2.31. The zero-order chi connectivity index (χ0) is 17.0. The molecule has 1 aromatic heterocycles. The quantitative estimate of drug-likeness (QED) is 0.352. The second kappa shape index (κ2) is 7.22. The zero-order valence-corrected chi connectivity index (χ0v) is 14.9. The summed E-state index contributed by atoms with van der Waals surface area (Å²) in [6.45, 7) is 7.95. The van der Waals surface area contributed by atoms with Gasteiger partial charge in [-0.05, 0) is 32.5 Å². The number of rotatable bonds is 5. The molecular weight excluding hydrogens is 334 g/mol. The van der Waals surface area contributed by atoms with Gasteiger partial charge in [-0.1, -0.05) is 6.08 Å². The largest absolute Gasteiger partial charge is 0.358 e. The molecule has 9 heteroatoms. The van der Waals surface area contributed by atoms with Gasteiger partial charge >= 0.3 is 0 Å². The second-order valence-electron chi connectivity index (χ2n) is 5.45. The Hall–Kier alpha value is -1.74. The molecule has 1 fully saturated rings. The van der Waals surface area contributed by atoms with Crippen LogP contribution in [0.4, 0.5) is 0 Å². The first-order chi connectivity index (χ1) is 10.8. The number of aromatic nitrogens is 2. The molecule has 23 heavy (non-hydrogen) atoms. The molecule has 1 aliphatic heterocycles. The van der Waals surface area contributed by atoms with Crippen molar-refractivity contribution in [1.29, 1.82) is 0 Å². The first-order valence-corrected chi connectivity index (χ1v) is 9.51. The van der Waals surface area contributed by atoms with Gasteiger partial charge in [-0.3, -0.25) is 10.1 Å². The SMILES string of the molecule is C=CCNC(=S)N/N=C\c1c(C)nn([C@H]2CCS(=O)(=O)C2)c1C. The van der Waals surface area contributed by atoms with E-state index in [-0.39, 0.29) is 17.5 Å². The summed E-state index contributed by atoms with van der Waals surface area (Å²) in [7, 11) is -2.94. The first kappa shape index (κ1) is 17.6. The van der Waals surface area contributed by atoms with Crippen LogP contribution in [0.25, 0.3) is 0 Å². The smallest absolute Gasteiger partial charge is 0.187 e. The Labute approximate surface area is 141 Å². The van der Waals surface area contributed by atoms with Gasteiger partial charge in [0.1, 0.15) is 0 Å². The number of sulfone groups is 1. The van der Waals surface area contributed by atoms with Crippen molar-refractivity contribution in [1.82, 2.24) is 20.5 Å². The Morgan fingerprint density at radius 2 is 2.30 bits per heavy atom. The number of thiocarbonyl (C=S) groups is 1. The minimum absolute atomic E-state index is 0.0934. The predicted octanol–water partition coefficient (Wildman–Crippen LogP) is 0.844. The highest BCUT2D eigenvalue weighted by Crippen LogP contribution is 2.26. The molecule has 2 N–H and O–H groups in total. The highest BCUT2D eigenvalue weighted by atomic mass is 32.2. The number of hydrogen-bond donors (Lipinski definition) is 2. The summed E-state index contributed by atoms with van der Waals surface area (Å²) in [5.41, 5.74) is 5.30. The normalized spacial score (nSPS) is 19.8. The lowest BCUT2D eigenvalue weighted by Crippen LogP contribution is -2.31. The molecule has 0 spiro atoms. The standard InChI is InChI=1S/C14H21N5O2S2/c1-4-6-15-14(22)17-16-8-13-10(2)18-19(11(13)3)12-5-7-23(20,21)9-12/h4,8,12H,1,5-7,9H2,2-3H3,(H2,15,17,22)/b16-8-/t12-/m0/s1. The van der Waals surface area contributed by atoms with Crippen LogP contribution < -0.4 is 10.7 Å². The number of aryl methyl sites for hydroxylation is 1. The van der Waals surface area contributed by atoms with Crippen molar-refractivity contribution in [2.24, 2.45) is 5.10 Å². The molecule has 0 saturated carbocycles. The fourth-order valence-corrected chi connectivity index (χ4v) is 4.37. The van der Waals surface area contributed by atoms with Crippen molar-refractivity contribution < 1.29 is 8.42 Å². The average molecular weight is 355 g/mol. The van der Waals surface area contributed by atoms with Crippen LogP contribution in [-0.2, 0) is 9.84 Å². The van der Waals surface area contributed by atoms with Crippen molar-refractivity contribution >= 4 is 33.4 Å². The van der Waals surface area contributed by atoms with E-state index in [2.05, 4.69) is 27.5 Å². The number of hydrazone groups is 1. The molecule has 0 aliphatic carbocycles. The lowest BCUT2D eigenvalue weighted by Gasteiger charge is -2.10. The predicted molar refractivity (Wildman–Crippen MR) is 95.5 cm³/mol. The molecular formula is C14H21N5O2S2. The van der Waals surface area contributed by atoms with Crippen molar-refractivity contribution in [3.63, 3.8) is 0 Å². The van der Waals surface area contributed by atoms with Gasteiger partial charge < -0.3 is 5.32 Å². The van der Waals surface area contributed by atoms with Crippen molar-refractivity contribution in [2.75, 3.05) is 18.1 Å². The van der Waals surface area contributed by atoms with Crippen molar-refractivity contribution in [2.45, 2.75) is 26.3 Å². The molecule has 1 saturated heterocycles. The van der Waals surface area contributed by atoms with E-state index in [0.29, 0.717) is 18.1 Å². The van der Waals surface area contributed by atoms with Gasteiger partial charge in [0, 0.05) is 17.8 Å². The number of hydrogen-bond acceptors (Lipinski definition) is 5. The van der Waals surface area contributed by atoms with Crippen LogP contribution in [0.15, 0.2) is 17.8 Å². The third kappa shape index (κ3) is 4.38. The number of nitrogens with zero attached hydrogens (tertiary/aromatic N) is 3. The van der Waals surface area contributed by atoms with E-state index in [4.69, 9.17) is 12.2 Å². The minimum Gasteiger partial charge on any atom is -0.358 e. The van der Waals surface area contributed by atoms with Crippen LogP contribution in [0.5, 0.6) is 0 Å². The summed E-state index contributed by atoms with van der Waals surface area (Å²) in [6.07, 6.45) is 3.96. The summed E-state index contributed by atoms with van der Waals surface area (Å²) in [5, 5.41) is 11.9. The Morgan fingerprint density at radius 1 is 1.57 bits per heavy atom. The van der Waals surface area contributed by atoms with Crippen LogP contribution in [0.3, 0.4) is 0 Å². The summed E-state index contributed by atoms with van der Waals surface area (Å²) in [4.78, 5) is 0. The van der Waals surface area contributed by atoms with E-state index in [0.717, 1.165) is 17.0 Å². The Bertz CT molecular complexity index is 737. The zero-order valence-electron chi connectivity index (χ0n) is 13.2. The lowest BCUT2D eigenvalue weighted by molar-refractivity contribution is 0.486. The molecule has 1 aromatic rings. The molecule has 0 unspecified atom stereocenters. The molecule has 2 rings (SSSR count). The topological polar surface area (TPSA) is 88.4 Å². The minimum atomic E-state index is -2.94. The van der Waals surface area contributed by atoms with E-state index in [1.54, 1.807) is 17.0 Å². The molecule has 0 bridgehead atoms. The fourth-order valence-electron chi connectivity index (χ4n) is 2.55. The van der Waals surface area contributed by atoms with Crippen molar-refractivity contribution in [3.05, 3.63) is 29.6 Å². The first-order valence-electron chi connectivity index (χ1n) is 7.28. The molecule has 0 radical (unpaired) electrons. The van der Waals surface area contributed by atoms with Crippen LogP contribution in [0.2, 0.25) is 0 Å². The van der Waals surface area contributed by atoms with E-state index in [9.17, 15) is 8.42 Å². The van der Waals surface area contributed by atoms with Gasteiger partial charge in [0.25, 0.3) is 0 Å². The molecule has 7 nitrogen and oxygen atoms in total. The summed E-state index contributed by atoms with van der Waals surface area (Å²) in [5.74, 6) is 0.379. The maximum atomic E-state index is 11.6. The maximum Gasteiger partial charge on any atom is 0.187 e. The second-order valence-corrected chi connectivity index (χ2v) is 8.09. The average Bonchev–Trinajstić information content (AvgIpc) is 2.98. The summed E-state index contributed by atoms with van der Waals surface area (Å²) >= 11 is 5.05. The van der Waals surface area contributed by atoms with Gasteiger partial charge in [-0.15, -0.1) is 6.58 Å². The molecule has 126 valence electrons. The van der Waals surface area contributed by atoms with E-state index in [1.165, 1.54) is 0 Å². The van der Waals surface area contributed by atoms with E-state index < -0.39 is 9.84 Å². The monoisotopic (exact) mass is 355 g/mol. The van der Waals surface area contributed by atoms with E-state index >= 15 is 0 Å². The number of nitrogens with one attached hydrogen (secondary N) is 2. The van der Waals surface area contributed by atoms with Gasteiger partial charge in [0.05, 0.1) is 29.5 Å². The van der Waals surface area contributed by atoms with Gasteiger partial charge in [0.15, 0.2) is 14.9 Å².